The highest BCUT2D eigenvalue weighted by molar-refractivity contribution is 5.96. The molecule has 1 amide bonds. The molecule has 11 nitrogen and oxygen atoms in total. The van der Waals surface area contributed by atoms with Gasteiger partial charge in [0, 0.05) is 31.2 Å². The van der Waals surface area contributed by atoms with E-state index in [9.17, 15) is 9.59 Å². The summed E-state index contributed by atoms with van der Waals surface area (Å²) in [6.45, 7) is 1.72. The van der Waals surface area contributed by atoms with Crippen molar-refractivity contribution in [1.82, 2.24) is 34.7 Å². The summed E-state index contributed by atoms with van der Waals surface area (Å²) in [7, 11) is 1.81. The summed E-state index contributed by atoms with van der Waals surface area (Å²) >= 11 is 0. The first kappa shape index (κ1) is 24.2. The van der Waals surface area contributed by atoms with Crippen molar-refractivity contribution in [3.8, 4) is 11.8 Å². The Morgan fingerprint density at radius 2 is 1.84 bits per heavy atom. The van der Waals surface area contributed by atoms with Gasteiger partial charge in [0.25, 0.3) is 11.5 Å². The molecule has 0 aliphatic rings. The van der Waals surface area contributed by atoms with Crippen LogP contribution in [-0.4, -0.2) is 35.3 Å². The molecular formula is C27H23N9O2. The van der Waals surface area contributed by atoms with Crippen LogP contribution in [0.3, 0.4) is 0 Å². The van der Waals surface area contributed by atoms with Crippen molar-refractivity contribution in [2.75, 3.05) is 11.2 Å². The predicted octanol–water partition coefficient (Wildman–Crippen LogP) is 2.27. The number of nitrogens with zero attached hydrogens (tertiary/aromatic N) is 6. The molecule has 0 saturated carbocycles. The van der Waals surface area contributed by atoms with Gasteiger partial charge in [-0.15, -0.1) is 0 Å². The Labute approximate surface area is 217 Å². The zero-order chi connectivity index (χ0) is 26.6. The molecule has 4 N–H and O–H groups in total. The molecule has 0 bridgehead atoms. The number of nitrogens with one attached hydrogen (secondary N) is 2. The number of hydrogen-bond donors (Lipinski definition) is 3. The lowest BCUT2D eigenvalue weighted by molar-refractivity contribution is 0.0933. The van der Waals surface area contributed by atoms with Gasteiger partial charge in [-0.2, -0.15) is 5.10 Å². The maximum atomic E-state index is 13.9. The van der Waals surface area contributed by atoms with Crippen molar-refractivity contribution in [3.63, 3.8) is 0 Å². The highest BCUT2D eigenvalue weighted by atomic mass is 16.2. The van der Waals surface area contributed by atoms with Crippen molar-refractivity contribution in [2.24, 2.45) is 7.05 Å². The van der Waals surface area contributed by atoms with Gasteiger partial charge in [0.1, 0.15) is 0 Å². The van der Waals surface area contributed by atoms with Gasteiger partial charge in [-0.05, 0) is 31.2 Å². The minimum absolute atomic E-state index is 0.000281. The van der Waals surface area contributed by atoms with Crippen LogP contribution in [0.15, 0.2) is 78.1 Å². The maximum Gasteiger partial charge on any atom is 0.281 e. The number of anilines is 2. The second-order valence-corrected chi connectivity index (χ2v) is 8.43. The zero-order valence-electron chi connectivity index (χ0n) is 20.6. The van der Waals surface area contributed by atoms with Crippen molar-refractivity contribution in [1.29, 1.82) is 0 Å². The Bertz CT molecular complexity index is 1760. The second kappa shape index (κ2) is 10.2. The number of benzene rings is 2. The Morgan fingerprint density at radius 3 is 2.58 bits per heavy atom. The summed E-state index contributed by atoms with van der Waals surface area (Å²) in [5.41, 5.74) is 10.9. The van der Waals surface area contributed by atoms with Gasteiger partial charge in [0.15, 0.2) is 17.3 Å². The number of hydrogen-bond acceptors (Lipinski definition) is 8. The molecular weight excluding hydrogens is 482 g/mol. The van der Waals surface area contributed by atoms with Gasteiger partial charge in [-0.25, -0.2) is 19.6 Å². The van der Waals surface area contributed by atoms with E-state index in [4.69, 9.17) is 10.7 Å². The Balaban J connectivity index is 1.62. The Kier molecular flexibility index (Phi) is 6.52. The van der Waals surface area contributed by atoms with Gasteiger partial charge < -0.3 is 11.1 Å². The number of carbonyl (C=O) groups excluding carboxylic acids is 1. The number of fused-ring (bicyclic) bond motifs is 1. The van der Waals surface area contributed by atoms with E-state index >= 15 is 0 Å². The SMILES string of the molecule is CC(NC(=O)c1nccnc1N)c1nc2cccc(C#Cc3cnn(C)c3)c2c(=O)n1Nc1ccccc1. The van der Waals surface area contributed by atoms with Crippen molar-refractivity contribution in [3.05, 3.63) is 106 Å². The average Bonchev–Trinajstić information content (AvgIpc) is 3.34. The van der Waals surface area contributed by atoms with Crippen LogP contribution < -0.4 is 22.0 Å². The molecule has 0 aliphatic heterocycles. The van der Waals surface area contributed by atoms with E-state index in [1.165, 1.54) is 17.1 Å². The van der Waals surface area contributed by atoms with Crippen LogP contribution in [0, 0.1) is 11.8 Å². The van der Waals surface area contributed by atoms with E-state index in [1.807, 2.05) is 30.3 Å². The fraction of sp³-hybridized carbons (Fsp3) is 0.111. The molecule has 3 aromatic heterocycles. The summed E-state index contributed by atoms with van der Waals surface area (Å²) in [5.74, 6) is 5.86. The molecule has 5 rings (SSSR count). The van der Waals surface area contributed by atoms with Gasteiger partial charge in [0.05, 0.1) is 34.4 Å². The smallest absolute Gasteiger partial charge is 0.281 e. The number of amides is 1. The van der Waals surface area contributed by atoms with Crippen LogP contribution in [0.5, 0.6) is 0 Å². The lowest BCUT2D eigenvalue weighted by Crippen LogP contribution is -2.37. The van der Waals surface area contributed by atoms with Gasteiger partial charge in [0.2, 0.25) is 0 Å². The summed E-state index contributed by atoms with van der Waals surface area (Å²) in [4.78, 5) is 39.5. The van der Waals surface area contributed by atoms with Crippen LogP contribution in [0.2, 0.25) is 0 Å². The number of aromatic nitrogens is 6. The Morgan fingerprint density at radius 1 is 1.05 bits per heavy atom. The van der Waals surface area contributed by atoms with E-state index in [0.717, 1.165) is 5.56 Å². The molecule has 1 unspecified atom stereocenters. The number of para-hydroxylation sites is 1. The zero-order valence-corrected chi connectivity index (χ0v) is 20.6. The van der Waals surface area contributed by atoms with Crippen molar-refractivity contribution < 1.29 is 4.79 Å². The fourth-order valence-corrected chi connectivity index (χ4v) is 3.87. The van der Waals surface area contributed by atoms with E-state index < -0.39 is 11.9 Å². The van der Waals surface area contributed by atoms with Crippen LogP contribution >= 0.6 is 0 Å². The molecule has 38 heavy (non-hydrogen) atoms. The molecule has 2 aromatic carbocycles. The topological polar surface area (TPSA) is 146 Å². The van der Waals surface area contributed by atoms with Crippen molar-refractivity contribution >= 4 is 28.3 Å². The van der Waals surface area contributed by atoms with E-state index in [-0.39, 0.29) is 22.9 Å². The normalized spacial score (nSPS) is 11.4. The molecule has 0 spiro atoms. The standard InChI is InChI=1S/C27H23N9O2/c1-17(32-26(37)23-24(28)30-14-13-29-23)25-33-21-10-6-7-19(12-11-18-15-31-35(2)16-18)22(21)27(38)36(25)34-20-8-4-3-5-9-20/h3-10,13-17,34H,1-2H3,(H2,28,30)(H,32,37). The van der Waals surface area contributed by atoms with Crippen LogP contribution in [0.4, 0.5) is 11.5 Å². The maximum absolute atomic E-state index is 13.9. The molecule has 0 radical (unpaired) electrons. The average molecular weight is 506 g/mol. The van der Waals surface area contributed by atoms with E-state index in [0.29, 0.717) is 22.2 Å². The summed E-state index contributed by atoms with van der Waals surface area (Å²) < 4.78 is 2.97. The van der Waals surface area contributed by atoms with Crippen LogP contribution in [-0.2, 0) is 7.05 Å². The fourth-order valence-electron chi connectivity index (χ4n) is 3.87. The minimum Gasteiger partial charge on any atom is -0.382 e. The molecule has 1 atom stereocenters. The molecule has 5 aromatic rings. The van der Waals surface area contributed by atoms with E-state index in [2.05, 4.69) is 37.7 Å². The summed E-state index contributed by atoms with van der Waals surface area (Å²) in [6, 6.07) is 13.8. The highest BCUT2D eigenvalue weighted by Gasteiger charge is 2.22. The van der Waals surface area contributed by atoms with Gasteiger partial charge >= 0.3 is 0 Å². The number of aryl methyl sites for hydroxylation is 1. The van der Waals surface area contributed by atoms with Crippen LogP contribution in [0.25, 0.3) is 10.9 Å². The van der Waals surface area contributed by atoms with Gasteiger partial charge in [-0.1, -0.05) is 36.1 Å². The Hall–Kier alpha value is -5.50. The molecule has 3 heterocycles. The number of nitrogens with two attached hydrogens (primary N) is 1. The molecule has 0 aliphatic carbocycles. The number of rotatable bonds is 5. The first-order valence-corrected chi connectivity index (χ1v) is 11.7. The second-order valence-electron chi connectivity index (χ2n) is 8.43. The summed E-state index contributed by atoms with van der Waals surface area (Å²) in [6.07, 6.45) is 6.22. The molecule has 0 saturated heterocycles. The largest absolute Gasteiger partial charge is 0.382 e. The quantitative estimate of drug-likeness (QED) is 0.309. The van der Waals surface area contributed by atoms with E-state index in [1.54, 1.807) is 49.2 Å². The molecule has 11 heteroatoms. The molecule has 0 fully saturated rings. The third-order valence-corrected chi connectivity index (χ3v) is 5.66. The molecule has 188 valence electrons. The van der Waals surface area contributed by atoms with Gasteiger partial charge in [-0.3, -0.25) is 19.7 Å². The lowest BCUT2D eigenvalue weighted by atomic mass is 10.1. The summed E-state index contributed by atoms with van der Waals surface area (Å²) in [5, 5.41) is 7.28. The third kappa shape index (κ3) is 4.91. The van der Waals surface area contributed by atoms with Crippen molar-refractivity contribution in [2.45, 2.75) is 13.0 Å². The predicted molar refractivity (Wildman–Crippen MR) is 143 cm³/mol. The monoisotopic (exact) mass is 505 g/mol. The minimum atomic E-state index is -0.706. The highest BCUT2D eigenvalue weighted by Crippen LogP contribution is 2.19. The third-order valence-electron chi connectivity index (χ3n) is 5.66. The number of carbonyl (C=O) groups is 1. The lowest BCUT2D eigenvalue weighted by Gasteiger charge is -2.20. The first-order valence-electron chi connectivity index (χ1n) is 11.7. The number of nitrogen functional groups attached to an aromatic ring is 1. The first-order chi connectivity index (χ1) is 18.4. The van der Waals surface area contributed by atoms with Crippen LogP contribution in [0.1, 0.15) is 40.4 Å².